The van der Waals surface area contributed by atoms with Gasteiger partial charge in [0, 0.05) is 23.3 Å². The fraction of sp³-hybridized carbons (Fsp3) is 0.150. The molecule has 4 heteroatoms. The van der Waals surface area contributed by atoms with Crippen molar-refractivity contribution < 1.29 is 19.4 Å². The number of phenolic OH excluding ortho intramolecular Hbond substituents is 1. The molecule has 0 radical (unpaired) electrons. The van der Waals surface area contributed by atoms with Gasteiger partial charge in [0.05, 0.1) is 7.11 Å². The van der Waals surface area contributed by atoms with Crippen molar-refractivity contribution in [1.29, 1.82) is 0 Å². The number of fused-ring (bicyclic) bond motifs is 1. The summed E-state index contributed by atoms with van der Waals surface area (Å²) in [5.74, 6) is 0.371. The SMILES string of the molecule is COc1c(C)c(O)c2c(-c3ccccc3)cccc2c1OC(C)=O. The first-order valence-electron chi connectivity index (χ1n) is 7.60. The minimum atomic E-state index is -0.440. The second kappa shape index (κ2) is 6.24. The maximum Gasteiger partial charge on any atom is 0.308 e. The van der Waals surface area contributed by atoms with E-state index in [1.807, 2.05) is 48.5 Å². The van der Waals surface area contributed by atoms with E-state index in [-0.39, 0.29) is 5.75 Å². The molecule has 0 amide bonds. The Morgan fingerprint density at radius 3 is 2.33 bits per heavy atom. The summed E-state index contributed by atoms with van der Waals surface area (Å²) in [6.45, 7) is 3.08. The van der Waals surface area contributed by atoms with Crippen LogP contribution in [0.25, 0.3) is 21.9 Å². The topological polar surface area (TPSA) is 55.8 Å². The van der Waals surface area contributed by atoms with Gasteiger partial charge in [-0.1, -0.05) is 48.5 Å². The van der Waals surface area contributed by atoms with Crippen LogP contribution in [0.5, 0.6) is 17.2 Å². The average Bonchev–Trinajstić information content (AvgIpc) is 2.59. The average molecular weight is 322 g/mol. The Morgan fingerprint density at radius 1 is 1.00 bits per heavy atom. The molecule has 0 unspecified atom stereocenters. The molecule has 0 spiro atoms. The van der Waals surface area contributed by atoms with Crippen LogP contribution in [-0.2, 0) is 4.79 Å². The lowest BCUT2D eigenvalue weighted by atomic mass is 9.94. The first-order chi connectivity index (χ1) is 11.5. The summed E-state index contributed by atoms with van der Waals surface area (Å²) in [6, 6.07) is 15.4. The molecule has 4 nitrogen and oxygen atoms in total. The molecule has 3 aromatic carbocycles. The zero-order valence-electron chi connectivity index (χ0n) is 13.8. The molecule has 0 heterocycles. The number of benzene rings is 3. The minimum absolute atomic E-state index is 0.122. The summed E-state index contributed by atoms with van der Waals surface area (Å²) in [7, 11) is 1.49. The van der Waals surface area contributed by atoms with Gasteiger partial charge in [0.2, 0.25) is 0 Å². The van der Waals surface area contributed by atoms with Crippen LogP contribution in [0.15, 0.2) is 48.5 Å². The van der Waals surface area contributed by atoms with E-state index in [9.17, 15) is 9.90 Å². The molecule has 3 aromatic rings. The van der Waals surface area contributed by atoms with Crippen LogP contribution >= 0.6 is 0 Å². The maximum absolute atomic E-state index is 11.5. The van der Waals surface area contributed by atoms with Crippen LogP contribution < -0.4 is 9.47 Å². The van der Waals surface area contributed by atoms with E-state index < -0.39 is 5.97 Å². The Bertz CT molecular complexity index is 914. The number of ether oxygens (including phenoxy) is 2. The molecule has 0 fully saturated rings. The summed E-state index contributed by atoms with van der Waals surface area (Å²) in [5.41, 5.74) is 2.37. The minimum Gasteiger partial charge on any atom is -0.507 e. The van der Waals surface area contributed by atoms with E-state index in [1.54, 1.807) is 6.92 Å². The van der Waals surface area contributed by atoms with Gasteiger partial charge >= 0.3 is 5.97 Å². The molecule has 0 aromatic heterocycles. The Morgan fingerprint density at radius 2 is 1.71 bits per heavy atom. The largest absolute Gasteiger partial charge is 0.507 e. The van der Waals surface area contributed by atoms with Crippen molar-refractivity contribution in [2.75, 3.05) is 7.11 Å². The quantitative estimate of drug-likeness (QED) is 0.571. The predicted molar refractivity (Wildman–Crippen MR) is 93.6 cm³/mol. The first-order valence-corrected chi connectivity index (χ1v) is 7.60. The summed E-state index contributed by atoms with van der Waals surface area (Å²) >= 11 is 0. The van der Waals surface area contributed by atoms with Gasteiger partial charge < -0.3 is 14.6 Å². The molecule has 0 atom stereocenters. The molecule has 122 valence electrons. The molecule has 1 N–H and O–H groups in total. The standard InChI is InChI=1S/C20H18O4/c1-12-18(22)17-15(14-8-5-4-6-9-14)10-7-11-16(17)20(19(12)23-3)24-13(2)21/h4-11,22H,1-3H3. The van der Waals surface area contributed by atoms with Gasteiger partial charge in [-0.2, -0.15) is 0 Å². The molecule has 0 aliphatic carbocycles. The maximum atomic E-state index is 11.5. The number of aromatic hydroxyl groups is 1. The van der Waals surface area contributed by atoms with Gasteiger partial charge in [-0.25, -0.2) is 0 Å². The molecule has 24 heavy (non-hydrogen) atoms. The number of carbonyl (C=O) groups excluding carboxylic acids is 1. The fourth-order valence-corrected chi connectivity index (χ4v) is 2.93. The molecule has 0 aliphatic rings. The lowest BCUT2D eigenvalue weighted by Gasteiger charge is -2.18. The van der Waals surface area contributed by atoms with Gasteiger partial charge in [-0.05, 0) is 18.1 Å². The Hall–Kier alpha value is -3.01. The Labute approximate surface area is 140 Å². The summed E-state index contributed by atoms with van der Waals surface area (Å²) < 4.78 is 10.8. The summed E-state index contributed by atoms with van der Waals surface area (Å²) in [4.78, 5) is 11.5. The van der Waals surface area contributed by atoms with Crippen LogP contribution in [0.3, 0.4) is 0 Å². The van der Waals surface area contributed by atoms with Crippen LogP contribution in [0.4, 0.5) is 0 Å². The molecule has 3 rings (SSSR count). The monoisotopic (exact) mass is 322 g/mol. The van der Waals surface area contributed by atoms with E-state index >= 15 is 0 Å². The van der Waals surface area contributed by atoms with E-state index in [0.717, 1.165) is 11.1 Å². The van der Waals surface area contributed by atoms with Crippen molar-refractivity contribution >= 4 is 16.7 Å². The number of phenols is 1. The van der Waals surface area contributed by atoms with Crippen molar-refractivity contribution in [3.05, 3.63) is 54.1 Å². The smallest absolute Gasteiger partial charge is 0.308 e. The molecular formula is C20H18O4. The van der Waals surface area contributed by atoms with E-state index in [1.165, 1.54) is 14.0 Å². The van der Waals surface area contributed by atoms with E-state index in [4.69, 9.17) is 9.47 Å². The third-order valence-electron chi connectivity index (χ3n) is 3.98. The molecule has 0 saturated carbocycles. The van der Waals surface area contributed by atoms with Gasteiger partial charge in [0.1, 0.15) is 5.75 Å². The highest BCUT2D eigenvalue weighted by Crippen LogP contribution is 2.48. The van der Waals surface area contributed by atoms with Crippen molar-refractivity contribution in [3.8, 4) is 28.4 Å². The second-order valence-electron chi connectivity index (χ2n) is 5.52. The second-order valence-corrected chi connectivity index (χ2v) is 5.52. The predicted octanol–water partition coefficient (Wildman–Crippen LogP) is 4.45. The van der Waals surface area contributed by atoms with E-state index in [2.05, 4.69) is 0 Å². The van der Waals surface area contributed by atoms with Crippen molar-refractivity contribution in [2.45, 2.75) is 13.8 Å². The number of rotatable bonds is 3. The number of methoxy groups -OCH3 is 1. The zero-order chi connectivity index (χ0) is 17.3. The Kier molecular flexibility index (Phi) is 4.13. The highest BCUT2D eigenvalue weighted by atomic mass is 16.6. The zero-order valence-corrected chi connectivity index (χ0v) is 13.8. The molecule has 0 bridgehead atoms. The van der Waals surface area contributed by atoms with E-state index in [0.29, 0.717) is 27.8 Å². The molecule has 0 aliphatic heterocycles. The number of hydrogen-bond donors (Lipinski definition) is 1. The number of esters is 1. The lowest BCUT2D eigenvalue weighted by Crippen LogP contribution is -2.05. The summed E-state index contributed by atoms with van der Waals surface area (Å²) in [5, 5.41) is 12.0. The van der Waals surface area contributed by atoms with Gasteiger partial charge in [0.25, 0.3) is 0 Å². The fourth-order valence-electron chi connectivity index (χ4n) is 2.93. The normalized spacial score (nSPS) is 10.6. The van der Waals surface area contributed by atoms with Crippen molar-refractivity contribution in [2.24, 2.45) is 0 Å². The highest BCUT2D eigenvalue weighted by molar-refractivity contribution is 6.06. The van der Waals surface area contributed by atoms with Crippen LogP contribution in [0.2, 0.25) is 0 Å². The van der Waals surface area contributed by atoms with Crippen molar-refractivity contribution in [3.63, 3.8) is 0 Å². The highest BCUT2D eigenvalue weighted by Gasteiger charge is 2.22. The van der Waals surface area contributed by atoms with Crippen molar-refractivity contribution in [1.82, 2.24) is 0 Å². The van der Waals surface area contributed by atoms with Crippen LogP contribution in [0.1, 0.15) is 12.5 Å². The first kappa shape index (κ1) is 15.9. The van der Waals surface area contributed by atoms with Crippen LogP contribution in [0, 0.1) is 6.92 Å². The van der Waals surface area contributed by atoms with Gasteiger partial charge in [0.15, 0.2) is 11.5 Å². The number of carbonyl (C=O) groups is 1. The summed E-state index contributed by atoms with van der Waals surface area (Å²) in [6.07, 6.45) is 0. The van der Waals surface area contributed by atoms with Gasteiger partial charge in [-0.15, -0.1) is 0 Å². The van der Waals surface area contributed by atoms with Gasteiger partial charge in [-0.3, -0.25) is 4.79 Å². The van der Waals surface area contributed by atoms with Crippen LogP contribution in [-0.4, -0.2) is 18.2 Å². The Balaban J connectivity index is 2.43. The molecule has 0 saturated heterocycles. The number of hydrogen-bond acceptors (Lipinski definition) is 4. The third-order valence-corrected chi connectivity index (χ3v) is 3.98. The molecular weight excluding hydrogens is 304 g/mol. The lowest BCUT2D eigenvalue weighted by molar-refractivity contribution is -0.131. The third kappa shape index (κ3) is 2.56.